The zero-order valence-corrected chi connectivity index (χ0v) is 17.9. The van der Waals surface area contributed by atoms with Gasteiger partial charge in [0.1, 0.15) is 0 Å². The molecule has 2 rings (SSSR count). The fourth-order valence-corrected chi connectivity index (χ4v) is 3.91. The van der Waals surface area contributed by atoms with Gasteiger partial charge in [0, 0.05) is 6.92 Å². The number of rotatable bonds is 5. The van der Waals surface area contributed by atoms with E-state index in [1.54, 1.807) is 0 Å². The van der Waals surface area contributed by atoms with Gasteiger partial charge in [-0.2, -0.15) is 0 Å². The molecule has 0 saturated carbocycles. The standard InChI is InChI=1S/C12H20O2.C11H20/c1-10(13)14-9-8-12(4)7-5-6-11(12,2)3;1-5-7-11(4)9-6-8-10(11,2)3/h5,7H,6,8-9H2,1-4H3;6,9H,5,7-8H2,1-4H3/t12-;11-/m00/s1. The molecule has 0 fully saturated rings. The molecular formula is C23H40O2. The Morgan fingerprint density at radius 2 is 1.32 bits per heavy atom. The van der Waals surface area contributed by atoms with Crippen molar-refractivity contribution >= 4 is 5.97 Å². The molecule has 2 atom stereocenters. The van der Waals surface area contributed by atoms with Gasteiger partial charge in [-0.05, 0) is 47.3 Å². The van der Waals surface area contributed by atoms with E-state index in [4.69, 9.17) is 4.74 Å². The first-order valence-electron chi connectivity index (χ1n) is 9.88. The molecule has 2 aliphatic rings. The fraction of sp³-hybridized carbons (Fsp3) is 0.783. The van der Waals surface area contributed by atoms with Gasteiger partial charge in [-0.3, -0.25) is 4.79 Å². The van der Waals surface area contributed by atoms with E-state index in [0.717, 1.165) is 12.8 Å². The molecule has 0 saturated heterocycles. The van der Waals surface area contributed by atoms with Crippen LogP contribution in [0.25, 0.3) is 0 Å². The quantitative estimate of drug-likeness (QED) is 0.407. The summed E-state index contributed by atoms with van der Waals surface area (Å²) in [7, 11) is 0. The Morgan fingerprint density at radius 1 is 0.880 bits per heavy atom. The monoisotopic (exact) mass is 348 g/mol. The average Bonchev–Trinajstić information content (AvgIpc) is 2.87. The van der Waals surface area contributed by atoms with E-state index in [-0.39, 0.29) is 16.8 Å². The molecule has 0 heterocycles. The van der Waals surface area contributed by atoms with Crippen molar-refractivity contribution in [2.45, 2.75) is 87.5 Å². The summed E-state index contributed by atoms with van der Waals surface area (Å²) in [6.07, 6.45) is 15.2. The zero-order chi connectivity index (χ0) is 19.4. The van der Waals surface area contributed by atoms with Gasteiger partial charge in [-0.15, -0.1) is 0 Å². The van der Waals surface area contributed by atoms with Crippen molar-refractivity contribution < 1.29 is 9.53 Å². The maximum absolute atomic E-state index is 10.6. The smallest absolute Gasteiger partial charge is 0.302 e. The third-order valence-corrected chi connectivity index (χ3v) is 7.02. The van der Waals surface area contributed by atoms with Crippen LogP contribution in [0.15, 0.2) is 24.3 Å². The fourth-order valence-electron chi connectivity index (χ4n) is 3.91. The third kappa shape index (κ3) is 5.21. The van der Waals surface area contributed by atoms with Gasteiger partial charge in [0.25, 0.3) is 0 Å². The van der Waals surface area contributed by atoms with Gasteiger partial charge < -0.3 is 4.74 Å². The van der Waals surface area contributed by atoms with E-state index in [1.165, 1.54) is 26.2 Å². The molecular weight excluding hydrogens is 308 g/mol. The Balaban J connectivity index is 0.000000257. The van der Waals surface area contributed by atoms with Crippen LogP contribution < -0.4 is 0 Å². The van der Waals surface area contributed by atoms with Crippen LogP contribution in [-0.2, 0) is 9.53 Å². The van der Waals surface area contributed by atoms with E-state index >= 15 is 0 Å². The van der Waals surface area contributed by atoms with Crippen LogP contribution in [0.2, 0.25) is 0 Å². The number of ether oxygens (including phenoxy) is 1. The van der Waals surface area contributed by atoms with Crippen LogP contribution in [0.3, 0.4) is 0 Å². The lowest BCUT2D eigenvalue weighted by molar-refractivity contribution is -0.141. The van der Waals surface area contributed by atoms with Gasteiger partial charge in [-0.25, -0.2) is 0 Å². The summed E-state index contributed by atoms with van der Waals surface area (Å²) in [5, 5.41) is 0. The second-order valence-electron chi connectivity index (χ2n) is 9.66. The number of esters is 1. The van der Waals surface area contributed by atoms with Gasteiger partial charge in [0.2, 0.25) is 0 Å². The van der Waals surface area contributed by atoms with Crippen molar-refractivity contribution in [2.24, 2.45) is 21.7 Å². The molecule has 0 aromatic carbocycles. The minimum absolute atomic E-state index is 0.169. The van der Waals surface area contributed by atoms with E-state index in [9.17, 15) is 4.79 Å². The van der Waals surface area contributed by atoms with Gasteiger partial charge >= 0.3 is 5.97 Å². The van der Waals surface area contributed by atoms with Crippen molar-refractivity contribution in [3.8, 4) is 0 Å². The number of hydrogen-bond acceptors (Lipinski definition) is 2. The summed E-state index contributed by atoms with van der Waals surface area (Å²) in [6.45, 7) is 18.2. The maximum Gasteiger partial charge on any atom is 0.302 e. The van der Waals surface area contributed by atoms with Gasteiger partial charge in [0.15, 0.2) is 0 Å². The summed E-state index contributed by atoms with van der Waals surface area (Å²) in [5.74, 6) is -0.187. The van der Waals surface area contributed by atoms with E-state index in [0.29, 0.717) is 17.4 Å². The van der Waals surface area contributed by atoms with Gasteiger partial charge in [0.05, 0.1) is 6.61 Å². The molecule has 0 bridgehead atoms. The van der Waals surface area contributed by atoms with Crippen molar-refractivity contribution in [3.63, 3.8) is 0 Å². The molecule has 0 amide bonds. The van der Waals surface area contributed by atoms with Gasteiger partial charge in [-0.1, -0.05) is 79.2 Å². The molecule has 2 heteroatoms. The largest absolute Gasteiger partial charge is 0.466 e. The molecule has 2 nitrogen and oxygen atoms in total. The zero-order valence-electron chi connectivity index (χ0n) is 17.9. The molecule has 25 heavy (non-hydrogen) atoms. The molecule has 0 aliphatic heterocycles. The lowest BCUT2D eigenvalue weighted by Gasteiger charge is -2.37. The number of allylic oxidation sites excluding steroid dienone is 4. The normalized spacial score (nSPS) is 31.5. The lowest BCUT2D eigenvalue weighted by atomic mass is 9.67. The molecule has 0 spiro atoms. The van der Waals surface area contributed by atoms with Crippen LogP contribution in [0.1, 0.15) is 87.5 Å². The van der Waals surface area contributed by atoms with Crippen LogP contribution in [0, 0.1) is 21.7 Å². The van der Waals surface area contributed by atoms with Crippen molar-refractivity contribution in [2.75, 3.05) is 6.61 Å². The summed E-state index contributed by atoms with van der Waals surface area (Å²) in [6, 6.07) is 0. The average molecular weight is 349 g/mol. The molecule has 144 valence electrons. The predicted molar refractivity (Wildman–Crippen MR) is 107 cm³/mol. The molecule has 0 radical (unpaired) electrons. The first-order chi connectivity index (χ1) is 11.4. The Hall–Kier alpha value is -1.05. The second kappa shape index (κ2) is 8.10. The number of carbonyl (C=O) groups is 1. The van der Waals surface area contributed by atoms with E-state index < -0.39 is 0 Å². The summed E-state index contributed by atoms with van der Waals surface area (Å²) >= 11 is 0. The van der Waals surface area contributed by atoms with E-state index in [1.807, 2.05) is 0 Å². The van der Waals surface area contributed by atoms with Crippen LogP contribution in [0.5, 0.6) is 0 Å². The minimum atomic E-state index is -0.187. The topological polar surface area (TPSA) is 26.3 Å². The molecule has 2 aliphatic carbocycles. The van der Waals surface area contributed by atoms with Crippen LogP contribution in [0.4, 0.5) is 0 Å². The Kier molecular flexibility index (Phi) is 7.12. The number of carbonyl (C=O) groups excluding carboxylic acids is 1. The summed E-state index contributed by atoms with van der Waals surface area (Å²) in [4.78, 5) is 10.6. The van der Waals surface area contributed by atoms with Crippen molar-refractivity contribution in [1.29, 1.82) is 0 Å². The molecule has 0 unspecified atom stereocenters. The summed E-state index contributed by atoms with van der Waals surface area (Å²) in [5.41, 5.74) is 1.40. The first-order valence-corrected chi connectivity index (χ1v) is 9.88. The summed E-state index contributed by atoms with van der Waals surface area (Å²) < 4.78 is 4.99. The second-order valence-corrected chi connectivity index (χ2v) is 9.66. The highest BCUT2D eigenvalue weighted by molar-refractivity contribution is 5.65. The Bertz CT molecular complexity index is 512. The SMILES string of the molecule is CC(=O)OCC[C@]1(C)C=CCC1(C)C.CCC[C@@]1(C)C=CCC1(C)C. The maximum atomic E-state index is 10.6. The van der Waals surface area contributed by atoms with E-state index in [2.05, 4.69) is 72.8 Å². The Labute approximate surface area is 156 Å². The molecule has 0 N–H and O–H groups in total. The first kappa shape index (κ1) is 22.0. The minimum Gasteiger partial charge on any atom is -0.466 e. The van der Waals surface area contributed by atoms with Crippen LogP contribution >= 0.6 is 0 Å². The lowest BCUT2D eigenvalue weighted by Crippen LogP contribution is -2.31. The number of hydrogen-bond donors (Lipinski definition) is 0. The molecule has 0 aromatic heterocycles. The highest BCUT2D eigenvalue weighted by Crippen LogP contribution is 2.51. The highest BCUT2D eigenvalue weighted by Gasteiger charge is 2.41. The van der Waals surface area contributed by atoms with Crippen molar-refractivity contribution in [3.05, 3.63) is 24.3 Å². The third-order valence-electron chi connectivity index (χ3n) is 7.02. The van der Waals surface area contributed by atoms with Crippen LogP contribution in [-0.4, -0.2) is 12.6 Å². The predicted octanol–water partition coefficient (Wildman–Crippen LogP) is 6.71. The van der Waals surface area contributed by atoms with Crippen molar-refractivity contribution in [1.82, 2.24) is 0 Å². The Morgan fingerprint density at radius 3 is 1.64 bits per heavy atom. The highest BCUT2D eigenvalue weighted by atomic mass is 16.5. The molecule has 0 aromatic rings.